The first-order valence-electron chi connectivity index (χ1n) is 8.59. The molecular weight excluding hydrogens is 316 g/mol. The molecule has 2 aromatic rings. The highest BCUT2D eigenvalue weighted by Crippen LogP contribution is 2.21. The second-order valence-corrected chi connectivity index (χ2v) is 6.17. The molecule has 132 valence electrons. The number of rotatable bonds is 5. The summed E-state index contributed by atoms with van der Waals surface area (Å²) in [5, 5.41) is 2.90. The quantitative estimate of drug-likeness (QED) is 0.903. The molecule has 1 heterocycles. The Bertz CT molecular complexity index is 715. The van der Waals surface area contributed by atoms with Crippen LogP contribution in [0.4, 0.5) is 10.5 Å². The summed E-state index contributed by atoms with van der Waals surface area (Å²) in [4.78, 5) is 14.0. The molecule has 25 heavy (non-hydrogen) atoms. The van der Waals surface area contributed by atoms with Crippen molar-refractivity contribution in [2.24, 2.45) is 0 Å². The third-order valence-electron chi connectivity index (χ3n) is 4.28. The van der Waals surface area contributed by atoms with E-state index in [1.165, 1.54) is 11.1 Å². The maximum absolute atomic E-state index is 12.4. The van der Waals surface area contributed by atoms with Crippen molar-refractivity contribution in [2.75, 3.05) is 25.5 Å². The number of hydrogen-bond donors (Lipinski definition) is 1. The van der Waals surface area contributed by atoms with Crippen LogP contribution < -0.4 is 10.1 Å². The van der Waals surface area contributed by atoms with Crippen molar-refractivity contribution in [1.82, 2.24) is 4.90 Å². The molecule has 2 aromatic carbocycles. The van der Waals surface area contributed by atoms with Crippen LogP contribution >= 0.6 is 0 Å². The molecule has 0 aromatic heterocycles. The molecule has 0 bridgehead atoms. The zero-order valence-electron chi connectivity index (χ0n) is 14.7. The lowest BCUT2D eigenvalue weighted by molar-refractivity contribution is 0.0159. The van der Waals surface area contributed by atoms with Gasteiger partial charge in [-0.3, -0.25) is 0 Å². The predicted octanol–water partition coefficient (Wildman–Crippen LogP) is 3.69. The second-order valence-electron chi connectivity index (χ2n) is 6.17. The van der Waals surface area contributed by atoms with Gasteiger partial charge in [0.25, 0.3) is 0 Å². The van der Waals surface area contributed by atoms with Gasteiger partial charge in [0.05, 0.1) is 19.3 Å². The van der Waals surface area contributed by atoms with Crippen LogP contribution in [0.3, 0.4) is 0 Å². The first-order chi connectivity index (χ1) is 12.2. The molecule has 0 spiro atoms. The highest BCUT2D eigenvalue weighted by Gasteiger charge is 2.22. The van der Waals surface area contributed by atoms with E-state index in [1.807, 2.05) is 43.3 Å². The maximum Gasteiger partial charge on any atom is 0.321 e. The van der Waals surface area contributed by atoms with Crippen LogP contribution in [0.1, 0.15) is 18.1 Å². The number of carbonyl (C=O) groups excluding carboxylic acids is 1. The Hall–Kier alpha value is -2.53. The van der Waals surface area contributed by atoms with E-state index >= 15 is 0 Å². The zero-order chi connectivity index (χ0) is 17.6. The first-order valence-corrected chi connectivity index (χ1v) is 8.59. The first kappa shape index (κ1) is 17.3. The molecule has 5 heteroatoms. The minimum absolute atomic E-state index is 0.0194. The highest BCUT2D eigenvalue weighted by atomic mass is 16.5. The van der Waals surface area contributed by atoms with E-state index in [0.29, 0.717) is 19.8 Å². The molecule has 0 saturated heterocycles. The largest absolute Gasteiger partial charge is 0.494 e. The van der Waals surface area contributed by atoms with Crippen LogP contribution in [0, 0.1) is 0 Å². The van der Waals surface area contributed by atoms with Gasteiger partial charge >= 0.3 is 6.03 Å². The van der Waals surface area contributed by atoms with Gasteiger partial charge in [-0.1, -0.05) is 24.3 Å². The van der Waals surface area contributed by atoms with E-state index in [1.54, 1.807) is 11.9 Å². The van der Waals surface area contributed by atoms with Crippen LogP contribution in [-0.2, 0) is 17.8 Å². The van der Waals surface area contributed by atoms with Crippen LogP contribution in [-0.4, -0.2) is 37.2 Å². The Morgan fingerprint density at radius 2 is 1.92 bits per heavy atom. The standard InChI is InChI=1S/C20H24N2O3/c1-3-24-18-10-8-17(9-11-18)21-20(23)22(2)13-19-12-15-6-4-5-7-16(15)14-25-19/h4-11,19H,3,12-14H2,1-2H3,(H,21,23). The van der Waals surface area contributed by atoms with Crippen molar-refractivity contribution in [3.63, 3.8) is 0 Å². The van der Waals surface area contributed by atoms with Crippen LogP contribution in [0.15, 0.2) is 48.5 Å². The number of anilines is 1. The summed E-state index contributed by atoms with van der Waals surface area (Å²) in [7, 11) is 1.79. The molecule has 1 aliphatic heterocycles. The summed E-state index contributed by atoms with van der Waals surface area (Å²) < 4.78 is 11.3. The number of hydrogen-bond acceptors (Lipinski definition) is 3. The lowest BCUT2D eigenvalue weighted by atomic mass is 9.99. The molecule has 2 amide bonds. The third-order valence-corrected chi connectivity index (χ3v) is 4.28. The number of carbonyl (C=O) groups is 1. The van der Waals surface area contributed by atoms with Gasteiger partial charge in [-0.15, -0.1) is 0 Å². The maximum atomic E-state index is 12.4. The monoisotopic (exact) mass is 340 g/mol. The summed E-state index contributed by atoms with van der Waals surface area (Å²) in [6.07, 6.45) is 0.850. The topological polar surface area (TPSA) is 50.8 Å². The fraction of sp³-hybridized carbons (Fsp3) is 0.350. The average molecular weight is 340 g/mol. The number of ether oxygens (including phenoxy) is 2. The minimum Gasteiger partial charge on any atom is -0.494 e. The van der Waals surface area contributed by atoms with E-state index in [-0.39, 0.29) is 12.1 Å². The summed E-state index contributed by atoms with van der Waals surface area (Å²) in [5.74, 6) is 0.795. The second kappa shape index (κ2) is 8.03. The van der Waals surface area contributed by atoms with Gasteiger partial charge in [0.1, 0.15) is 5.75 Å². The smallest absolute Gasteiger partial charge is 0.321 e. The van der Waals surface area contributed by atoms with Gasteiger partial charge < -0.3 is 19.7 Å². The fourth-order valence-corrected chi connectivity index (χ4v) is 2.93. The summed E-state index contributed by atoms with van der Waals surface area (Å²) in [6.45, 7) is 3.72. The molecule has 5 nitrogen and oxygen atoms in total. The normalized spacial score (nSPS) is 16.0. The minimum atomic E-state index is -0.147. The van der Waals surface area contributed by atoms with E-state index in [2.05, 4.69) is 17.4 Å². The predicted molar refractivity (Wildman–Crippen MR) is 98.0 cm³/mol. The number of amides is 2. The van der Waals surface area contributed by atoms with E-state index < -0.39 is 0 Å². The van der Waals surface area contributed by atoms with Crippen molar-refractivity contribution in [3.05, 3.63) is 59.7 Å². The molecule has 1 aliphatic rings. The number of fused-ring (bicyclic) bond motifs is 1. The SMILES string of the molecule is CCOc1ccc(NC(=O)N(C)CC2Cc3ccccc3CO2)cc1. The molecule has 3 rings (SSSR count). The average Bonchev–Trinajstić information content (AvgIpc) is 2.63. The fourth-order valence-electron chi connectivity index (χ4n) is 2.93. The molecular formula is C20H24N2O3. The van der Waals surface area contributed by atoms with Crippen molar-refractivity contribution in [1.29, 1.82) is 0 Å². The zero-order valence-corrected chi connectivity index (χ0v) is 14.7. The molecule has 0 aliphatic carbocycles. The lowest BCUT2D eigenvalue weighted by Gasteiger charge is -2.29. The lowest BCUT2D eigenvalue weighted by Crippen LogP contribution is -2.40. The Kier molecular flexibility index (Phi) is 5.56. The van der Waals surface area contributed by atoms with Crippen LogP contribution in [0.25, 0.3) is 0 Å². The number of nitrogens with one attached hydrogen (secondary N) is 1. The molecule has 0 saturated carbocycles. The number of nitrogens with zero attached hydrogens (tertiary/aromatic N) is 1. The van der Waals surface area contributed by atoms with Gasteiger partial charge in [-0.05, 0) is 42.3 Å². The summed E-state index contributed by atoms with van der Waals surface area (Å²) in [5.41, 5.74) is 3.29. The molecule has 1 atom stereocenters. The summed E-state index contributed by atoms with van der Waals surface area (Å²) in [6, 6.07) is 15.5. The molecule has 0 radical (unpaired) electrons. The van der Waals surface area contributed by atoms with E-state index in [0.717, 1.165) is 17.9 Å². The molecule has 1 unspecified atom stereocenters. The van der Waals surface area contributed by atoms with Crippen LogP contribution in [0.5, 0.6) is 5.75 Å². The van der Waals surface area contributed by atoms with E-state index in [9.17, 15) is 4.79 Å². The van der Waals surface area contributed by atoms with Crippen molar-refractivity contribution in [2.45, 2.75) is 26.1 Å². The van der Waals surface area contributed by atoms with Gasteiger partial charge in [0.2, 0.25) is 0 Å². The number of likely N-dealkylation sites (N-methyl/N-ethyl adjacent to an activating group) is 1. The highest BCUT2D eigenvalue weighted by molar-refractivity contribution is 5.89. The Morgan fingerprint density at radius 1 is 1.20 bits per heavy atom. The van der Waals surface area contributed by atoms with Crippen molar-refractivity contribution >= 4 is 11.7 Å². The number of urea groups is 1. The molecule has 0 fully saturated rings. The van der Waals surface area contributed by atoms with Crippen molar-refractivity contribution in [3.8, 4) is 5.75 Å². The van der Waals surface area contributed by atoms with Crippen molar-refractivity contribution < 1.29 is 14.3 Å². The van der Waals surface area contributed by atoms with Gasteiger partial charge in [0, 0.05) is 25.7 Å². The Balaban J connectivity index is 1.53. The summed E-state index contributed by atoms with van der Waals surface area (Å²) >= 11 is 0. The van der Waals surface area contributed by atoms with Crippen LogP contribution in [0.2, 0.25) is 0 Å². The van der Waals surface area contributed by atoms with Gasteiger partial charge in [-0.2, -0.15) is 0 Å². The third kappa shape index (κ3) is 4.51. The van der Waals surface area contributed by atoms with Gasteiger partial charge in [0.15, 0.2) is 0 Å². The Labute approximate surface area is 148 Å². The molecule has 1 N–H and O–H groups in total. The van der Waals surface area contributed by atoms with E-state index in [4.69, 9.17) is 9.47 Å². The van der Waals surface area contributed by atoms with Gasteiger partial charge in [-0.25, -0.2) is 4.79 Å². The Morgan fingerprint density at radius 3 is 2.64 bits per heavy atom. The number of benzene rings is 2.